The van der Waals surface area contributed by atoms with Gasteiger partial charge in [0.1, 0.15) is 5.82 Å². The van der Waals surface area contributed by atoms with E-state index >= 15 is 0 Å². The number of halogens is 2. The van der Waals surface area contributed by atoms with E-state index in [2.05, 4.69) is 15.9 Å². The highest BCUT2D eigenvalue weighted by atomic mass is 79.9. The molecule has 0 aliphatic heterocycles. The number of carboxylic acids is 2. The quantitative estimate of drug-likeness (QED) is 0.832. The Morgan fingerprint density at radius 3 is 2.22 bits per heavy atom. The van der Waals surface area contributed by atoms with E-state index < -0.39 is 30.8 Å². The van der Waals surface area contributed by atoms with Crippen molar-refractivity contribution < 1.29 is 24.2 Å². The second-order valence-corrected chi connectivity index (χ2v) is 4.54. The number of carbonyl (C=O) groups is 2. The zero-order valence-electron chi connectivity index (χ0n) is 9.27. The molecule has 1 rings (SSSR count). The zero-order chi connectivity index (χ0) is 13.7. The summed E-state index contributed by atoms with van der Waals surface area (Å²) in [6, 6.07) is 4.33. The summed E-state index contributed by atoms with van der Waals surface area (Å²) in [5, 5.41) is 17.3. The average Bonchev–Trinajstić information content (AvgIpc) is 2.21. The minimum Gasteiger partial charge on any atom is -0.480 e. The maximum atomic E-state index is 13.3. The molecule has 18 heavy (non-hydrogen) atoms. The lowest BCUT2D eigenvalue weighted by molar-refractivity contribution is -0.142. The van der Waals surface area contributed by atoms with Crippen LogP contribution in [0, 0.1) is 5.82 Å². The predicted molar refractivity (Wildman–Crippen MR) is 64.6 cm³/mol. The molecule has 0 aliphatic rings. The Morgan fingerprint density at radius 2 is 1.78 bits per heavy atom. The number of benzene rings is 1. The van der Waals surface area contributed by atoms with Crippen molar-refractivity contribution in [2.75, 3.05) is 13.1 Å². The van der Waals surface area contributed by atoms with Crippen LogP contribution in [0.25, 0.3) is 0 Å². The van der Waals surface area contributed by atoms with Gasteiger partial charge in [0.25, 0.3) is 0 Å². The largest absolute Gasteiger partial charge is 0.480 e. The van der Waals surface area contributed by atoms with Crippen molar-refractivity contribution in [1.29, 1.82) is 0 Å². The van der Waals surface area contributed by atoms with Crippen molar-refractivity contribution in [2.24, 2.45) is 0 Å². The van der Waals surface area contributed by atoms with Gasteiger partial charge in [0.2, 0.25) is 0 Å². The third-order valence-corrected chi connectivity index (χ3v) is 2.75. The second kappa shape index (κ2) is 6.46. The summed E-state index contributed by atoms with van der Waals surface area (Å²) in [4.78, 5) is 22.4. The standard InChI is InChI=1S/C11H11BrFNO4/c12-8-2-1-7(3-9(8)13)4-14(5-10(15)16)6-11(17)18/h1-3H,4-6H2,(H,15,16)(H,17,18). The molecule has 0 bridgehead atoms. The summed E-state index contributed by atoms with van der Waals surface area (Å²) in [5.41, 5.74) is 0.512. The summed E-state index contributed by atoms with van der Waals surface area (Å²) in [5.74, 6) is -2.74. The van der Waals surface area contributed by atoms with E-state index in [0.29, 0.717) is 10.0 Å². The molecular formula is C11H11BrFNO4. The topological polar surface area (TPSA) is 77.8 Å². The molecule has 5 nitrogen and oxygen atoms in total. The van der Waals surface area contributed by atoms with Gasteiger partial charge in [-0.1, -0.05) is 6.07 Å². The van der Waals surface area contributed by atoms with Gasteiger partial charge in [-0.05, 0) is 33.6 Å². The Morgan fingerprint density at radius 1 is 1.22 bits per heavy atom. The molecule has 0 heterocycles. The Bertz CT molecular complexity index is 450. The fourth-order valence-electron chi connectivity index (χ4n) is 1.45. The second-order valence-electron chi connectivity index (χ2n) is 3.68. The Labute approximate surface area is 111 Å². The lowest BCUT2D eigenvalue weighted by Crippen LogP contribution is -2.33. The van der Waals surface area contributed by atoms with Crippen molar-refractivity contribution in [1.82, 2.24) is 4.90 Å². The molecule has 0 unspecified atom stereocenters. The number of nitrogens with zero attached hydrogens (tertiary/aromatic N) is 1. The molecule has 1 aromatic carbocycles. The van der Waals surface area contributed by atoms with Crippen LogP contribution < -0.4 is 0 Å². The van der Waals surface area contributed by atoms with Crippen LogP contribution in [0.3, 0.4) is 0 Å². The van der Waals surface area contributed by atoms with Gasteiger partial charge in [0, 0.05) is 6.54 Å². The van der Waals surface area contributed by atoms with Crippen LogP contribution in [0.4, 0.5) is 4.39 Å². The van der Waals surface area contributed by atoms with E-state index in [1.54, 1.807) is 6.07 Å². The van der Waals surface area contributed by atoms with E-state index in [9.17, 15) is 14.0 Å². The first-order chi connectivity index (χ1) is 8.38. The van der Waals surface area contributed by atoms with Crippen LogP contribution in [-0.2, 0) is 16.1 Å². The van der Waals surface area contributed by atoms with Gasteiger partial charge >= 0.3 is 11.9 Å². The first-order valence-corrected chi connectivity index (χ1v) is 5.77. The molecule has 2 N–H and O–H groups in total. The first kappa shape index (κ1) is 14.6. The Balaban J connectivity index is 2.77. The van der Waals surface area contributed by atoms with Crippen molar-refractivity contribution in [3.8, 4) is 0 Å². The summed E-state index contributed by atoms with van der Waals surface area (Å²) >= 11 is 3.00. The minimum atomic E-state index is -1.13. The monoisotopic (exact) mass is 319 g/mol. The van der Waals surface area contributed by atoms with E-state index in [1.165, 1.54) is 17.0 Å². The molecule has 1 aromatic rings. The maximum Gasteiger partial charge on any atom is 0.317 e. The molecular weight excluding hydrogens is 309 g/mol. The summed E-state index contributed by atoms with van der Waals surface area (Å²) in [6.45, 7) is -0.767. The number of aliphatic carboxylic acids is 2. The SMILES string of the molecule is O=C(O)CN(CC(=O)O)Cc1ccc(Br)c(F)c1. The smallest absolute Gasteiger partial charge is 0.317 e. The zero-order valence-corrected chi connectivity index (χ0v) is 10.9. The molecule has 0 radical (unpaired) electrons. The molecule has 0 saturated carbocycles. The van der Waals surface area contributed by atoms with Crippen LogP contribution in [0.15, 0.2) is 22.7 Å². The fraction of sp³-hybridized carbons (Fsp3) is 0.273. The highest BCUT2D eigenvalue weighted by Crippen LogP contribution is 2.17. The molecule has 0 saturated heterocycles. The Hall–Kier alpha value is -1.47. The highest BCUT2D eigenvalue weighted by molar-refractivity contribution is 9.10. The predicted octanol–water partition coefficient (Wildman–Crippen LogP) is 1.56. The summed E-state index contributed by atoms with van der Waals surface area (Å²) in [6.07, 6.45) is 0. The summed E-state index contributed by atoms with van der Waals surface area (Å²) in [7, 11) is 0. The van der Waals surface area contributed by atoms with Crippen LogP contribution in [0.1, 0.15) is 5.56 Å². The first-order valence-electron chi connectivity index (χ1n) is 4.98. The highest BCUT2D eigenvalue weighted by Gasteiger charge is 2.14. The molecule has 0 fully saturated rings. The number of hydrogen-bond acceptors (Lipinski definition) is 3. The van der Waals surface area contributed by atoms with Crippen molar-refractivity contribution in [3.63, 3.8) is 0 Å². The minimum absolute atomic E-state index is 0.0583. The molecule has 0 aliphatic carbocycles. The van der Waals surface area contributed by atoms with Crippen molar-refractivity contribution in [3.05, 3.63) is 34.1 Å². The van der Waals surface area contributed by atoms with Crippen molar-refractivity contribution in [2.45, 2.75) is 6.54 Å². The molecule has 7 heteroatoms. The lowest BCUT2D eigenvalue weighted by Gasteiger charge is -2.18. The van der Waals surface area contributed by atoms with Gasteiger partial charge in [-0.3, -0.25) is 14.5 Å². The van der Waals surface area contributed by atoms with Crippen LogP contribution in [0.2, 0.25) is 0 Å². The van der Waals surface area contributed by atoms with Gasteiger partial charge in [0.05, 0.1) is 17.6 Å². The van der Waals surface area contributed by atoms with Crippen molar-refractivity contribution >= 4 is 27.9 Å². The molecule has 98 valence electrons. The number of carboxylic acid groups (broad SMARTS) is 2. The van der Waals surface area contributed by atoms with Crippen LogP contribution in [0.5, 0.6) is 0 Å². The number of hydrogen-bond donors (Lipinski definition) is 2. The van der Waals surface area contributed by atoms with Gasteiger partial charge in [-0.2, -0.15) is 0 Å². The van der Waals surface area contributed by atoms with Gasteiger partial charge in [-0.15, -0.1) is 0 Å². The Kier molecular flexibility index (Phi) is 5.24. The molecule has 0 atom stereocenters. The number of rotatable bonds is 6. The third-order valence-electron chi connectivity index (χ3n) is 2.11. The van der Waals surface area contributed by atoms with Gasteiger partial charge in [0.15, 0.2) is 0 Å². The lowest BCUT2D eigenvalue weighted by atomic mass is 10.2. The third kappa shape index (κ3) is 4.80. The van der Waals surface area contributed by atoms with Gasteiger partial charge < -0.3 is 10.2 Å². The fourth-order valence-corrected chi connectivity index (χ4v) is 1.69. The van der Waals surface area contributed by atoms with E-state index in [0.717, 1.165) is 0 Å². The summed E-state index contributed by atoms with van der Waals surface area (Å²) < 4.78 is 13.6. The average molecular weight is 320 g/mol. The normalized spacial score (nSPS) is 10.6. The van der Waals surface area contributed by atoms with Crippen LogP contribution in [-0.4, -0.2) is 40.1 Å². The molecule has 0 amide bonds. The van der Waals surface area contributed by atoms with E-state index in [1.807, 2.05) is 0 Å². The molecule has 0 spiro atoms. The van der Waals surface area contributed by atoms with E-state index in [-0.39, 0.29) is 6.54 Å². The van der Waals surface area contributed by atoms with E-state index in [4.69, 9.17) is 10.2 Å². The maximum absolute atomic E-state index is 13.3. The van der Waals surface area contributed by atoms with Crippen LogP contribution >= 0.6 is 15.9 Å². The van der Waals surface area contributed by atoms with Gasteiger partial charge in [-0.25, -0.2) is 4.39 Å². The molecule has 0 aromatic heterocycles.